The lowest BCUT2D eigenvalue weighted by Gasteiger charge is -2.26. The fraction of sp³-hybridized carbons (Fsp3) is 0.417. The lowest BCUT2D eigenvalue weighted by molar-refractivity contribution is 0.183. The van der Waals surface area contributed by atoms with Crippen LogP contribution < -0.4 is 10.6 Å². The summed E-state index contributed by atoms with van der Waals surface area (Å²) >= 11 is 0. The zero-order valence-corrected chi connectivity index (χ0v) is 10.0. The molecule has 0 radical (unpaired) electrons. The van der Waals surface area contributed by atoms with Crippen molar-refractivity contribution in [3.8, 4) is 0 Å². The Hall–Kier alpha value is -1.55. The molecule has 4 nitrogen and oxygen atoms in total. The summed E-state index contributed by atoms with van der Waals surface area (Å²) in [5.74, 6) is 0.0923. The van der Waals surface area contributed by atoms with Gasteiger partial charge in [-0.05, 0) is 19.1 Å². The van der Waals surface area contributed by atoms with Gasteiger partial charge in [-0.25, -0.2) is 0 Å². The van der Waals surface area contributed by atoms with E-state index in [2.05, 4.69) is 11.8 Å². The van der Waals surface area contributed by atoms with Crippen LogP contribution in [0.1, 0.15) is 12.5 Å². The van der Waals surface area contributed by atoms with Gasteiger partial charge in [-0.2, -0.15) is 0 Å². The predicted octanol–water partition coefficient (Wildman–Crippen LogP) is 1.44. The Bertz CT molecular complexity index is 365. The molecule has 3 N–H and O–H groups in total. The third-order valence-corrected chi connectivity index (χ3v) is 2.63. The number of likely N-dealkylation sites (N-methyl/N-ethyl adjacent to an activating group) is 1. The van der Waals surface area contributed by atoms with Crippen molar-refractivity contribution in [3.63, 3.8) is 0 Å². The number of amidine groups is 1. The normalized spacial score (nSPS) is 12.2. The van der Waals surface area contributed by atoms with Crippen LogP contribution in [0.5, 0.6) is 0 Å². The molecule has 0 heterocycles. The van der Waals surface area contributed by atoms with Gasteiger partial charge in [-0.3, -0.25) is 5.41 Å². The van der Waals surface area contributed by atoms with Crippen LogP contribution in [0.4, 0.5) is 5.69 Å². The van der Waals surface area contributed by atoms with Gasteiger partial charge >= 0.3 is 0 Å². The number of nitrogens with one attached hydrogen (secondary N) is 1. The minimum atomic E-state index is 0.0923. The molecule has 1 aromatic carbocycles. The molecule has 0 fully saturated rings. The van der Waals surface area contributed by atoms with Crippen LogP contribution in [0.3, 0.4) is 0 Å². The highest BCUT2D eigenvalue weighted by Crippen LogP contribution is 2.16. The van der Waals surface area contributed by atoms with Gasteiger partial charge in [-0.15, -0.1) is 0 Å². The molecule has 1 atom stereocenters. The molecule has 1 unspecified atom stereocenters. The van der Waals surface area contributed by atoms with Gasteiger partial charge in [0.25, 0.3) is 0 Å². The van der Waals surface area contributed by atoms with Gasteiger partial charge < -0.3 is 15.4 Å². The van der Waals surface area contributed by atoms with Gasteiger partial charge in [-0.1, -0.05) is 12.1 Å². The Balaban J connectivity index is 2.86. The van der Waals surface area contributed by atoms with Gasteiger partial charge in [0.15, 0.2) is 0 Å². The van der Waals surface area contributed by atoms with Crippen LogP contribution in [0, 0.1) is 5.41 Å². The van der Waals surface area contributed by atoms with E-state index in [4.69, 9.17) is 15.9 Å². The molecular weight excluding hydrogens is 202 g/mol. The van der Waals surface area contributed by atoms with Gasteiger partial charge in [0.1, 0.15) is 5.84 Å². The first kappa shape index (κ1) is 12.5. The van der Waals surface area contributed by atoms with Crippen molar-refractivity contribution in [2.75, 3.05) is 25.7 Å². The number of ether oxygens (including phenoxy) is 1. The average Bonchev–Trinajstić information content (AvgIpc) is 2.28. The summed E-state index contributed by atoms with van der Waals surface area (Å²) < 4.78 is 5.12. The molecule has 4 heteroatoms. The summed E-state index contributed by atoms with van der Waals surface area (Å²) in [6.07, 6.45) is 0. The van der Waals surface area contributed by atoms with E-state index in [1.807, 2.05) is 31.3 Å². The van der Waals surface area contributed by atoms with Crippen molar-refractivity contribution < 1.29 is 4.74 Å². The number of nitrogen functional groups attached to an aromatic ring is 1. The summed E-state index contributed by atoms with van der Waals surface area (Å²) in [6.45, 7) is 2.75. The van der Waals surface area contributed by atoms with Crippen molar-refractivity contribution in [2.45, 2.75) is 13.0 Å². The number of nitrogens with two attached hydrogens (primary N) is 1. The lowest BCUT2D eigenvalue weighted by atomic mass is 10.1. The highest BCUT2D eigenvalue weighted by atomic mass is 16.5. The zero-order valence-electron chi connectivity index (χ0n) is 10.0. The highest BCUT2D eigenvalue weighted by molar-refractivity contribution is 5.95. The fourth-order valence-electron chi connectivity index (χ4n) is 1.50. The van der Waals surface area contributed by atoms with Gasteiger partial charge in [0, 0.05) is 31.5 Å². The number of methoxy groups -OCH3 is 1. The van der Waals surface area contributed by atoms with Crippen molar-refractivity contribution >= 4 is 11.5 Å². The number of rotatable bonds is 5. The number of hydrogen-bond acceptors (Lipinski definition) is 3. The minimum absolute atomic E-state index is 0.0923. The van der Waals surface area contributed by atoms with Crippen molar-refractivity contribution in [1.29, 1.82) is 5.41 Å². The van der Waals surface area contributed by atoms with Crippen molar-refractivity contribution in [3.05, 3.63) is 29.8 Å². The number of benzene rings is 1. The van der Waals surface area contributed by atoms with E-state index in [0.717, 1.165) is 11.3 Å². The molecule has 0 bridgehead atoms. The Morgan fingerprint density at radius 3 is 2.81 bits per heavy atom. The van der Waals surface area contributed by atoms with E-state index in [9.17, 15) is 0 Å². The van der Waals surface area contributed by atoms with Gasteiger partial charge in [0.05, 0.1) is 6.61 Å². The smallest absolute Gasteiger partial charge is 0.122 e. The summed E-state index contributed by atoms with van der Waals surface area (Å²) in [6, 6.07) is 7.93. The monoisotopic (exact) mass is 221 g/mol. The number of hydrogen-bond donors (Lipinski definition) is 2. The molecule has 0 saturated carbocycles. The second-order valence-electron chi connectivity index (χ2n) is 3.88. The Morgan fingerprint density at radius 2 is 2.25 bits per heavy atom. The molecule has 88 valence electrons. The first-order valence-electron chi connectivity index (χ1n) is 5.22. The summed E-state index contributed by atoms with van der Waals surface area (Å²) in [5.41, 5.74) is 7.24. The van der Waals surface area contributed by atoms with E-state index in [1.165, 1.54) is 0 Å². The molecule has 0 aliphatic heterocycles. The third-order valence-electron chi connectivity index (χ3n) is 2.63. The molecule has 0 spiro atoms. The maximum Gasteiger partial charge on any atom is 0.122 e. The maximum absolute atomic E-state index is 7.40. The largest absolute Gasteiger partial charge is 0.384 e. The summed E-state index contributed by atoms with van der Waals surface area (Å²) in [4.78, 5) is 2.11. The van der Waals surface area contributed by atoms with E-state index >= 15 is 0 Å². The first-order chi connectivity index (χ1) is 7.56. The molecule has 0 aromatic heterocycles. The Kier molecular flexibility index (Phi) is 4.31. The number of anilines is 1. The molecule has 1 rings (SSSR count). The predicted molar refractivity (Wildman–Crippen MR) is 67.2 cm³/mol. The molecule has 0 aliphatic rings. The molecule has 0 saturated heterocycles. The highest BCUT2D eigenvalue weighted by Gasteiger charge is 2.10. The van der Waals surface area contributed by atoms with Crippen molar-refractivity contribution in [1.82, 2.24) is 0 Å². The maximum atomic E-state index is 7.40. The van der Waals surface area contributed by atoms with Crippen molar-refractivity contribution in [2.24, 2.45) is 5.73 Å². The SMILES string of the molecule is COCC(C)N(C)c1cccc(C(=N)N)c1. The second-order valence-corrected chi connectivity index (χ2v) is 3.88. The van der Waals surface area contributed by atoms with E-state index < -0.39 is 0 Å². The van der Waals surface area contributed by atoms with Crippen LogP contribution in [-0.2, 0) is 4.74 Å². The van der Waals surface area contributed by atoms with Gasteiger partial charge in [0.2, 0.25) is 0 Å². The molecular formula is C12H19N3O. The average molecular weight is 221 g/mol. The standard InChI is InChI=1S/C12H19N3O/c1-9(8-16-3)15(2)11-6-4-5-10(7-11)12(13)14/h4-7,9H,8H2,1-3H3,(H3,13,14). The fourth-order valence-corrected chi connectivity index (χ4v) is 1.50. The first-order valence-corrected chi connectivity index (χ1v) is 5.22. The van der Waals surface area contributed by atoms with Crippen LogP contribution in [0.25, 0.3) is 0 Å². The lowest BCUT2D eigenvalue weighted by Crippen LogP contribution is -2.32. The third kappa shape index (κ3) is 2.97. The Labute approximate surface area is 96.5 Å². The molecule has 16 heavy (non-hydrogen) atoms. The summed E-state index contributed by atoms with van der Waals surface area (Å²) in [5, 5.41) is 7.40. The summed E-state index contributed by atoms with van der Waals surface area (Å²) in [7, 11) is 3.69. The minimum Gasteiger partial charge on any atom is -0.384 e. The van der Waals surface area contributed by atoms with Crippen LogP contribution in [-0.4, -0.2) is 32.6 Å². The molecule has 1 aromatic rings. The van der Waals surface area contributed by atoms with Crippen LogP contribution in [0.15, 0.2) is 24.3 Å². The van der Waals surface area contributed by atoms with E-state index in [0.29, 0.717) is 6.61 Å². The molecule has 0 amide bonds. The van der Waals surface area contributed by atoms with E-state index in [-0.39, 0.29) is 11.9 Å². The second kappa shape index (κ2) is 5.51. The number of nitrogens with zero attached hydrogens (tertiary/aromatic N) is 1. The van der Waals surface area contributed by atoms with Crippen LogP contribution >= 0.6 is 0 Å². The quantitative estimate of drug-likeness (QED) is 0.584. The van der Waals surface area contributed by atoms with E-state index in [1.54, 1.807) is 7.11 Å². The van der Waals surface area contributed by atoms with Crippen LogP contribution in [0.2, 0.25) is 0 Å². The zero-order chi connectivity index (χ0) is 12.1. The molecule has 0 aliphatic carbocycles. The Morgan fingerprint density at radius 1 is 1.56 bits per heavy atom. The topological polar surface area (TPSA) is 62.3 Å².